The van der Waals surface area contributed by atoms with Gasteiger partial charge in [0.2, 0.25) is 0 Å². The van der Waals surface area contributed by atoms with Gasteiger partial charge in [-0.2, -0.15) is 0 Å². The average Bonchev–Trinajstić information content (AvgIpc) is 1.81. The van der Waals surface area contributed by atoms with Crippen LogP contribution in [-0.2, 0) is 0 Å². The van der Waals surface area contributed by atoms with Gasteiger partial charge in [-0.1, -0.05) is 6.08 Å². The maximum Gasteiger partial charge on any atom is 0.0132 e. The summed E-state index contributed by atoms with van der Waals surface area (Å²) in [6, 6.07) is 0. The summed E-state index contributed by atoms with van der Waals surface area (Å²) in [4.78, 5) is 0. The van der Waals surface area contributed by atoms with Gasteiger partial charge in [-0.05, 0) is 19.5 Å². The first kappa shape index (κ1) is 11.7. The standard InChI is InChI=1S/C6H14N2.ClH/c1-2-5-8-6-3-4-7;/h2,8H,1,3-7H2;1H. The first-order chi connectivity index (χ1) is 3.91. The molecule has 0 saturated carbocycles. The molecule has 0 heterocycles. The molecule has 3 N–H and O–H groups in total. The van der Waals surface area contributed by atoms with Crippen molar-refractivity contribution in [3.63, 3.8) is 0 Å². The maximum atomic E-state index is 5.24. The van der Waals surface area contributed by atoms with Gasteiger partial charge in [-0.15, -0.1) is 19.0 Å². The molecular formula is C6H15ClN2. The van der Waals surface area contributed by atoms with Gasteiger partial charge < -0.3 is 11.1 Å². The van der Waals surface area contributed by atoms with Crippen LogP contribution in [0, 0.1) is 0 Å². The van der Waals surface area contributed by atoms with Crippen LogP contribution in [0.5, 0.6) is 0 Å². The molecule has 0 aliphatic heterocycles. The smallest absolute Gasteiger partial charge is 0.0132 e. The molecule has 2 nitrogen and oxygen atoms in total. The second kappa shape index (κ2) is 10.8. The van der Waals surface area contributed by atoms with Gasteiger partial charge in [0.25, 0.3) is 0 Å². The minimum atomic E-state index is 0. The van der Waals surface area contributed by atoms with Gasteiger partial charge in [0.15, 0.2) is 0 Å². The molecule has 0 rings (SSSR count). The lowest BCUT2D eigenvalue weighted by atomic mass is 10.4. The monoisotopic (exact) mass is 150 g/mol. The zero-order valence-corrected chi connectivity index (χ0v) is 6.41. The van der Waals surface area contributed by atoms with Gasteiger partial charge in [0.05, 0.1) is 0 Å². The van der Waals surface area contributed by atoms with E-state index in [2.05, 4.69) is 11.9 Å². The van der Waals surface area contributed by atoms with Crippen molar-refractivity contribution in [2.45, 2.75) is 6.42 Å². The molecule has 0 unspecified atom stereocenters. The Kier molecular flexibility index (Phi) is 14.1. The van der Waals surface area contributed by atoms with Gasteiger partial charge in [-0.25, -0.2) is 0 Å². The highest BCUT2D eigenvalue weighted by molar-refractivity contribution is 5.85. The van der Waals surface area contributed by atoms with E-state index in [0.29, 0.717) is 0 Å². The molecule has 0 radical (unpaired) electrons. The van der Waals surface area contributed by atoms with E-state index in [0.717, 1.165) is 26.1 Å². The summed E-state index contributed by atoms with van der Waals surface area (Å²) >= 11 is 0. The normalized spacial score (nSPS) is 8.11. The van der Waals surface area contributed by atoms with Crippen LogP contribution in [0.2, 0.25) is 0 Å². The van der Waals surface area contributed by atoms with Crippen LogP contribution in [0.4, 0.5) is 0 Å². The number of nitrogens with two attached hydrogens (primary N) is 1. The van der Waals surface area contributed by atoms with Crippen molar-refractivity contribution in [2.75, 3.05) is 19.6 Å². The fourth-order valence-electron chi connectivity index (χ4n) is 0.431. The molecule has 3 heteroatoms. The number of nitrogens with one attached hydrogen (secondary N) is 1. The third-order valence-corrected chi connectivity index (χ3v) is 0.846. The largest absolute Gasteiger partial charge is 0.330 e. The van der Waals surface area contributed by atoms with Crippen molar-refractivity contribution in [3.05, 3.63) is 12.7 Å². The van der Waals surface area contributed by atoms with Crippen LogP contribution >= 0.6 is 12.4 Å². The first-order valence-electron chi connectivity index (χ1n) is 2.93. The number of hydrogen-bond acceptors (Lipinski definition) is 2. The van der Waals surface area contributed by atoms with E-state index in [1.807, 2.05) is 6.08 Å². The summed E-state index contributed by atoms with van der Waals surface area (Å²) in [5.41, 5.74) is 5.24. The van der Waals surface area contributed by atoms with Crippen LogP contribution in [0.1, 0.15) is 6.42 Å². The second-order valence-electron chi connectivity index (χ2n) is 1.64. The summed E-state index contributed by atoms with van der Waals surface area (Å²) < 4.78 is 0. The summed E-state index contributed by atoms with van der Waals surface area (Å²) in [6.45, 7) is 6.22. The van der Waals surface area contributed by atoms with Crippen LogP contribution in [0.25, 0.3) is 0 Å². The maximum absolute atomic E-state index is 5.24. The lowest BCUT2D eigenvalue weighted by Gasteiger charge is -1.96. The van der Waals surface area contributed by atoms with E-state index in [4.69, 9.17) is 5.73 Å². The summed E-state index contributed by atoms with van der Waals surface area (Å²) in [6.07, 6.45) is 2.89. The molecule has 0 aromatic heterocycles. The number of hydrogen-bond donors (Lipinski definition) is 2. The van der Waals surface area contributed by atoms with Crippen molar-refractivity contribution in [2.24, 2.45) is 5.73 Å². The lowest BCUT2D eigenvalue weighted by Crippen LogP contribution is -2.17. The van der Waals surface area contributed by atoms with Crippen LogP contribution in [-0.4, -0.2) is 19.6 Å². The molecule has 0 amide bonds. The highest BCUT2D eigenvalue weighted by atomic mass is 35.5. The molecule has 0 bridgehead atoms. The Hall–Kier alpha value is -0.0500. The predicted molar refractivity (Wildman–Crippen MR) is 44.0 cm³/mol. The Bertz CT molecular complexity index is 57.0. The molecule has 0 spiro atoms. The zero-order valence-electron chi connectivity index (χ0n) is 5.60. The minimum absolute atomic E-state index is 0. The van der Waals surface area contributed by atoms with E-state index >= 15 is 0 Å². The molecule has 0 atom stereocenters. The number of halogens is 1. The molecule has 0 aliphatic rings. The summed E-state index contributed by atoms with van der Waals surface area (Å²) in [7, 11) is 0. The third-order valence-electron chi connectivity index (χ3n) is 0.846. The quantitative estimate of drug-likeness (QED) is 0.444. The van der Waals surface area contributed by atoms with Gasteiger partial charge in [-0.3, -0.25) is 0 Å². The van der Waals surface area contributed by atoms with Gasteiger partial charge in [0, 0.05) is 6.54 Å². The Balaban J connectivity index is 0. The topological polar surface area (TPSA) is 38.0 Å². The molecular weight excluding hydrogens is 136 g/mol. The van der Waals surface area contributed by atoms with Crippen molar-refractivity contribution < 1.29 is 0 Å². The highest BCUT2D eigenvalue weighted by Gasteiger charge is 1.78. The molecule has 9 heavy (non-hydrogen) atoms. The Labute approximate surface area is 62.9 Å². The average molecular weight is 151 g/mol. The molecule has 0 aromatic rings. The Morgan fingerprint density at radius 2 is 2.22 bits per heavy atom. The lowest BCUT2D eigenvalue weighted by molar-refractivity contribution is 0.700. The fraction of sp³-hybridized carbons (Fsp3) is 0.667. The first-order valence-corrected chi connectivity index (χ1v) is 2.93. The second-order valence-corrected chi connectivity index (χ2v) is 1.64. The van der Waals surface area contributed by atoms with Crippen molar-refractivity contribution in [3.8, 4) is 0 Å². The molecule has 0 aliphatic carbocycles. The van der Waals surface area contributed by atoms with Crippen molar-refractivity contribution in [1.82, 2.24) is 5.32 Å². The molecule has 56 valence electrons. The van der Waals surface area contributed by atoms with E-state index in [1.54, 1.807) is 0 Å². The zero-order chi connectivity index (χ0) is 6.24. The molecule has 0 aromatic carbocycles. The van der Waals surface area contributed by atoms with Crippen LogP contribution in [0.3, 0.4) is 0 Å². The molecule has 0 saturated heterocycles. The fourth-order valence-corrected chi connectivity index (χ4v) is 0.431. The predicted octanol–water partition coefficient (Wildman–Crippen LogP) is 0.533. The van der Waals surface area contributed by atoms with E-state index in [1.165, 1.54) is 0 Å². The van der Waals surface area contributed by atoms with Gasteiger partial charge in [0.1, 0.15) is 0 Å². The minimum Gasteiger partial charge on any atom is -0.330 e. The molecule has 0 fully saturated rings. The SMILES string of the molecule is C=CCNCCCN.Cl. The highest BCUT2D eigenvalue weighted by Crippen LogP contribution is 1.67. The van der Waals surface area contributed by atoms with Crippen molar-refractivity contribution >= 4 is 12.4 Å². The van der Waals surface area contributed by atoms with E-state index in [-0.39, 0.29) is 12.4 Å². The summed E-state index contributed by atoms with van der Waals surface area (Å²) in [5, 5.41) is 3.14. The van der Waals surface area contributed by atoms with Crippen LogP contribution in [0.15, 0.2) is 12.7 Å². The van der Waals surface area contributed by atoms with E-state index in [9.17, 15) is 0 Å². The van der Waals surface area contributed by atoms with E-state index < -0.39 is 0 Å². The number of rotatable bonds is 5. The third kappa shape index (κ3) is 11.5. The van der Waals surface area contributed by atoms with Crippen LogP contribution < -0.4 is 11.1 Å². The van der Waals surface area contributed by atoms with Crippen molar-refractivity contribution in [1.29, 1.82) is 0 Å². The summed E-state index contributed by atoms with van der Waals surface area (Å²) in [5.74, 6) is 0. The Morgan fingerprint density at radius 1 is 1.56 bits per heavy atom. The Morgan fingerprint density at radius 3 is 2.67 bits per heavy atom. The van der Waals surface area contributed by atoms with Gasteiger partial charge >= 0.3 is 0 Å².